The SMILES string of the molecule is FC(F)c1nc2ccccc2n1-c1nc(N2CCOCC2)nc(N2CCSCC2)n1. The van der Waals surface area contributed by atoms with E-state index in [1.54, 1.807) is 24.3 Å². The van der Waals surface area contributed by atoms with E-state index in [0.29, 0.717) is 49.2 Å². The number of anilines is 2. The van der Waals surface area contributed by atoms with Crippen LogP contribution in [0.1, 0.15) is 12.2 Å². The quantitative estimate of drug-likeness (QED) is 0.622. The molecular weight excluding hydrogens is 412 g/mol. The van der Waals surface area contributed by atoms with E-state index in [1.807, 2.05) is 16.7 Å². The molecule has 0 aliphatic carbocycles. The Morgan fingerprint density at radius 1 is 0.833 bits per heavy atom. The van der Waals surface area contributed by atoms with Crippen molar-refractivity contribution in [1.82, 2.24) is 24.5 Å². The second kappa shape index (κ2) is 8.31. The van der Waals surface area contributed by atoms with Gasteiger partial charge in [-0.25, -0.2) is 13.8 Å². The maximum Gasteiger partial charge on any atom is 0.296 e. The summed E-state index contributed by atoms with van der Waals surface area (Å²) in [5.74, 6) is 2.75. The van der Waals surface area contributed by atoms with Gasteiger partial charge in [0.1, 0.15) is 0 Å². The lowest BCUT2D eigenvalue weighted by atomic mass is 10.3. The number of imidazole rings is 1. The van der Waals surface area contributed by atoms with Crippen LogP contribution in [0.2, 0.25) is 0 Å². The Morgan fingerprint density at radius 3 is 2.17 bits per heavy atom. The topological polar surface area (TPSA) is 72.2 Å². The molecule has 158 valence electrons. The Hall–Kier alpha value is -2.53. The third kappa shape index (κ3) is 3.67. The molecule has 11 heteroatoms. The largest absolute Gasteiger partial charge is 0.378 e. The van der Waals surface area contributed by atoms with Crippen LogP contribution in [0.3, 0.4) is 0 Å². The molecule has 30 heavy (non-hydrogen) atoms. The first-order valence-corrected chi connectivity index (χ1v) is 11.0. The molecule has 0 atom stereocenters. The fraction of sp³-hybridized carbons (Fsp3) is 0.474. The van der Waals surface area contributed by atoms with E-state index in [0.717, 1.165) is 24.6 Å². The Bertz CT molecular complexity index is 999. The number of rotatable bonds is 4. The van der Waals surface area contributed by atoms with E-state index in [1.165, 1.54) is 4.57 Å². The van der Waals surface area contributed by atoms with Crippen molar-refractivity contribution in [1.29, 1.82) is 0 Å². The molecule has 0 amide bonds. The molecule has 0 spiro atoms. The number of fused-ring (bicyclic) bond motifs is 1. The number of para-hydroxylation sites is 2. The number of thioether (sulfide) groups is 1. The third-order valence-electron chi connectivity index (χ3n) is 5.17. The first-order chi connectivity index (χ1) is 14.7. The molecule has 0 bridgehead atoms. The lowest BCUT2D eigenvalue weighted by molar-refractivity contribution is 0.122. The van der Waals surface area contributed by atoms with Crippen LogP contribution >= 0.6 is 11.8 Å². The zero-order chi connectivity index (χ0) is 20.5. The molecule has 2 aliphatic heterocycles. The van der Waals surface area contributed by atoms with Gasteiger partial charge in [0.05, 0.1) is 24.2 Å². The number of aromatic nitrogens is 5. The van der Waals surface area contributed by atoms with Gasteiger partial charge < -0.3 is 14.5 Å². The predicted octanol–water partition coefficient (Wildman–Crippen LogP) is 2.54. The molecule has 0 unspecified atom stereocenters. The summed E-state index contributed by atoms with van der Waals surface area (Å²) in [5, 5.41) is 0. The minimum atomic E-state index is -2.75. The maximum absolute atomic E-state index is 13.9. The van der Waals surface area contributed by atoms with Gasteiger partial charge in [0, 0.05) is 37.7 Å². The summed E-state index contributed by atoms with van der Waals surface area (Å²) in [6, 6.07) is 7.04. The fourth-order valence-corrected chi connectivity index (χ4v) is 4.56. The molecule has 0 N–H and O–H groups in total. The molecule has 5 rings (SSSR count). The van der Waals surface area contributed by atoms with Crippen molar-refractivity contribution in [3.05, 3.63) is 30.1 Å². The number of nitrogens with zero attached hydrogens (tertiary/aromatic N) is 7. The van der Waals surface area contributed by atoms with Crippen LogP contribution in [-0.4, -0.2) is 75.4 Å². The predicted molar refractivity (Wildman–Crippen MR) is 112 cm³/mol. The molecule has 0 saturated carbocycles. The number of halogens is 2. The monoisotopic (exact) mass is 433 g/mol. The van der Waals surface area contributed by atoms with E-state index in [9.17, 15) is 8.78 Å². The summed E-state index contributed by atoms with van der Waals surface area (Å²) in [5.41, 5.74) is 1.03. The number of benzene rings is 1. The minimum absolute atomic E-state index is 0.170. The van der Waals surface area contributed by atoms with Crippen molar-refractivity contribution in [2.45, 2.75) is 6.43 Å². The number of alkyl halides is 2. The first kappa shape index (κ1) is 19.4. The van der Waals surface area contributed by atoms with E-state index in [4.69, 9.17) is 4.74 Å². The molecule has 2 saturated heterocycles. The van der Waals surface area contributed by atoms with Crippen LogP contribution in [0.4, 0.5) is 20.7 Å². The highest BCUT2D eigenvalue weighted by atomic mass is 32.2. The van der Waals surface area contributed by atoms with Crippen molar-refractivity contribution in [3.63, 3.8) is 0 Å². The first-order valence-electron chi connectivity index (χ1n) is 9.88. The summed E-state index contributed by atoms with van der Waals surface area (Å²) < 4.78 is 34.5. The van der Waals surface area contributed by atoms with Crippen LogP contribution in [0.25, 0.3) is 17.0 Å². The van der Waals surface area contributed by atoms with Crippen molar-refractivity contribution in [3.8, 4) is 5.95 Å². The van der Waals surface area contributed by atoms with Crippen LogP contribution < -0.4 is 9.80 Å². The number of hydrogen-bond donors (Lipinski definition) is 0. The molecule has 8 nitrogen and oxygen atoms in total. The Balaban J connectivity index is 1.67. The highest BCUT2D eigenvalue weighted by molar-refractivity contribution is 7.99. The summed E-state index contributed by atoms with van der Waals surface area (Å²) in [7, 11) is 0. The van der Waals surface area contributed by atoms with Gasteiger partial charge in [-0.15, -0.1) is 0 Å². The minimum Gasteiger partial charge on any atom is -0.378 e. The van der Waals surface area contributed by atoms with Gasteiger partial charge in [-0.2, -0.15) is 26.7 Å². The second-order valence-corrected chi connectivity index (χ2v) is 8.25. The third-order valence-corrected chi connectivity index (χ3v) is 6.11. The lowest BCUT2D eigenvalue weighted by Gasteiger charge is -2.30. The average Bonchev–Trinajstić information content (AvgIpc) is 3.20. The van der Waals surface area contributed by atoms with Gasteiger partial charge >= 0.3 is 0 Å². The molecule has 2 aromatic heterocycles. The van der Waals surface area contributed by atoms with E-state index in [-0.39, 0.29) is 11.8 Å². The number of morpholine rings is 1. The Labute approximate surface area is 176 Å². The second-order valence-electron chi connectivity index (χ2n) is 7.03. The summed E-state index contributed by atoms with van der Waals surface area (Å²) in [6.07, 6.45) is -2.75. The van der Waals surface area contributed by atoms with Gasteiger partial charge in [-0.05, 0) is 12.1 Å². The van der Waals surface area contributed by atoms with E-state index in [2.05, 4.69) is 24.8 Å². The van der Waals surface area contributed by atoms with Gasteiger partial charge in [0.15, 0.2) is 5.82 Å². The normalized spacial score (nSPS) is 17.8. The van der Waals surface area contributed by atoms with E-state index < -0.39 is 6.43 Å². The lowest BCUT2D eigenvalue weighted by Crippen LogP contribution is -2.39. The van der Waals surface area contributed by atoms with Crippen molar-refractivity contribution < 1.29 is 13.5 Å². The summed E-state index contributed by atoms with van der Waals surface area (Å²) in [4.78, 5) is 22.1. The Kier molecular flexibility index (Phi) is 5.38. The van der Waals surface area contributed by atoms with Gasteiger partial charge in [0.2, 0.25) is 17.8 Å². The van der Waals surface area contributed by atoms with Crippen LogP contribution in [0.5, 0.6) is 0 Å². The van der Waals surface area contributed by atoms with Crippen LogP contribution in [-0.2, 0) is 4.74 Å². The number of ether oxygens (including phenoxy) is 1. The highest BCUT2D eigenvalue weighted by Crippen LogP contribution is 2.28. The Morgan fingerprint density at radius 2 is 1.47 bits per heavy atom. The van der Waals surface area contributed by atoms with E-state index >= 15 is 0 Å². The summed E-state index contributed by atoms with van der Waals surface area (Å²) >= 11 is 1.88. The van der Waals surface area contributed by atoms with Crippen molar-refractivity contribution in [2.75, 3.05) is 60.7 Å². The van der Waals surface area contributed by atoms with Crippen molar-refractivity contribution in [2.24, 2.45) is 0 Å². The van der Waals surface area contributed by atoms with Gasteiger partial charge in [-0.3, -0.25) is 4.57 Å². The molecule has 2 aliphatic rings. The zero-order valence-corrected chi connectivity index (χ0v) is 17.1. The highest BCUT2D eigenvalue weighted by Gasteiger charge is 2.25. The fourth-order valence-electron chi connectivity index (χ4n) is 3.65. The van der Waals surface area contributed by atoms with Gasteiger partial charge in [0.25, 0.3) is 6.43 Å². The average molecular weight is 433 g/mol. The van der Waals surface area contributed by atoms with Crippen LogP contribution in [0.15, 0.2) is 24.3 Å². The zero-order valence-electron chi connectivity index (χ0n) is 16.2. The van der Waals surface area contributed by atoms with Crippen molar-refractivity contribution >= 4 is 34.7 Å². The summed E-state index contributed by atoms with van der Waals surface area (Å²) in [6.45, 7) is 4.06. The molecular formula is C19H21F2N7OS. The molecule has 1 aromatic carbocycles. The molecule has 2 fully saturated rings. The number of hydrogen-bond acceptors (Lipinski definition) is 8. The smallest absolute Gasteiger partial charge is 0.296 e. The molecule has 4 heterocycles. The molecule has 3 aromatic rings. The van der Waals surface area contributed by atoms with Gasteiger partial charge in [-0.1, -0.05) is 12.1 Å². The maximum atomic E-state index is 13.9. The van der Waals surface area contributed by atoms with Crippen LogP contribution in [0, 0.1) is 0 Å². The standard InChI is InChI=1S/C19H21F2N7OS/c20-15(21)16-22-13-3-1-2-4-14(13)28(16)19-24-17(26-5-9-29-10-6-26)23-18(25-19)27-7-11-30-12-8-27/h1-4,15H,5-12H2. The molecule has 0 radical (unpaired) electrons.